The molecule has 2 rings (SSSR count). The summed E-state index contributed by atoms with van der Waals surface area (Å²) in [6.07, 6.45) is 0. The molecule has 2 amide bonds. The number of anilines is 2. The Labute approximate surface area is 133 Å². The highest BCUT2D eigenvalue weighted by molar-refractivity contribution is 6.29. The lowest BCUT2D eigenvalue weighted by atomic mass is 10.2. The van der Waals surface area contributed by atoms with Crippen LogP contribution in [0.4, 0.5) is 11.4 Å². The van der Waals surface area contributed by atoms with Gasteiger partial charge in [-0.3, -0.25) is 9.59 Å². The number of hydrogen-bond donors (Lipinski definition) is 2. The quantitative estimate of drug-likeness (QED) is 0.832. The van der Waals surface area contributed by atoms with E-state index in [9.17, 15) is 9.59 Å². The Kier molecular flexibility index (Phi) is 5.38. The molecule has 0 bridgehead atoms. The highest BCUT2D eigenvalue weighted by Gasteiger charge is 2.08. The number of hydrogen-bond acceptors (Lipinski definition) is 3. The van der Waals surface area contributed by atoms with Crippen molar-refractivity contribution < 1.29 is 14.3 Å². The maximum absolute atomic E-state index is 12.2. The molecule has 2 N–H and O–H groups in total. The molecule has 22 heavy (non-hydrogen) atoms. The Hall–Kier alpha value is -2.53. The Balaban J connectivity index is 2.12. The number of alkyl halides is 1. The van der Waals surface area contributed by atoms with Crippen LogP contribution in [0.15, 0.2) is 48.5 Å². The van der Waals surface area contributed by atoms with Gasteiger partial charge in [-0.1, -0.05) is 12.1 Å². The maximum Gasteiger partial charge on any atom is 0.255 e. The molecule has 2 aromatic carbocycles. The van der Waals surface area contributed by atoms with Crippen LogP contribution in [0.25, 0.3) is 0 Å². The van der Waals surface area contributed by atoms with Crippen molar-refractivity contribution in [3.63, 3.8) is 0 Å². The summed E-state index contributed by atoms with van der Waals surface area (Å²) in [4.78, 5) is 23.5. The van der Waals surface area contributed by atoms with Crippen molar-refractivity contribution in [3.05, 3.63) is 54.1 Å². The van der Waals surface area contributed by atoms with Gasteiger partial charge in [0, 0.05) is 23.0 Å². The van der Waals surface area contributed by atoms with Gasteiger partial charge in [0.1, 0.15) is 11.6 Å². The van der Waals surface area contributed by atoms with Crippen LogP contribution in [0.1, 0.15) is 10.4 Å². The van der Waals surface area contributed by atoms with Crippen molar-refractivity contribution in [1.29, 1.82) is 0 Å². The van der Waals surface area contributed by atoms with E-state index in [1.807, 2.05) is 0 Å². The van der Waals surface area contributed by atoms with Crippen molar-refractivity contribution in [3.8, 4) is 5.75 Å². The summed E-state index contributed by atoms with van der Waals surface area (Å²) in [5.74, 6) is -0.0941. The molecule has 0 aromatic heterocycles. The number of methoxy groups -OCH3 is 1. The first-order chi connectivity index (χ1) is 10.6. The third kappa shape index (κ3) is 4.23. The molecule has 114 valence electrons. The van der Waals surface area contributed by atoms with Gasteiger partial charge in [-0.15, -0.1) is 11.6 Å². The van der Waals surface area contributed by atoms with Gasteiger partial charge in [0.05, 0.1) is 7.11 Å². The van der Waals surface area contributed by atoms with Crippen LogP contribution < -0.4 is 15.4 Å². The van der Waals surface area contributed by atoms with Crippen LogP contribution in [0, 0.1) is 0 Å². The number of amides is 2. The Bertz CT molecular complexity index is 689. The van der Waals surface area contributed by atoms with E-state index in [2.05, 4.69) is 10.6 Å². The first kappa shape index (κ1) is 15.9. The molecule has 0 unspecified atom stereocenters. The van der Waals surface area contributed by atoms with E-state index in [-0.39, 0.29) is 17.7 Å². The van der Waals surface area contributed by atoms with Gasteiger partial charge in [-0.05, 0) is 30.3 Å². The van der Waals surface area contributed by atoms with Crippen molar-refractivity contribution in [2.24, 2.45) is 0 Å². The van der Waals surface area contributed by atoms with Crippen molar-refractivity contribution in [1.82, 2.24) is 0 Å². The highest BCUT2D eigenvalue weighted by Crippen LogP contribution is 2.18. The van der Waals surface area contributed by atoms with Crippen LogP contribution in [0.5, 0.6) is 5.75 Å². The lowest BCUT2D eigenvalue weighted by Gasteiger charge is -2.08. The molecule has 0 heterocycles. The van der Waals surface area contributed by atoms with Crippen molar-refractivity contribution >= 4 is 34.8 Å². The molecule has 0 saturated heterocycles. The highest BCUT2D eigenvalue weighted by atomic mass is 35.5. The number of halogens is 1. The summed E-state index contributed by atoms with van der Waals surface area (Å²) in [7, 11) is 1.56. The molecule has 5 nitrogen and oxygen atoms in total. The van der Waals surface area contributed by atoms with Gasteiger partial charge >= 0.3 is 0 Å². The van der Waals surface area contributed by atoms with Gasteiger partial charge in [0.15, 0.2) is 0 Å². The van der Waals surface area contributed by atoms with E-state index < -0.39 is 0 Å². The summed E-state index contributed by atoms with van der Waals surface area (Å²) in [6, 6.07) is 13.7. The predicted octanol–water partition coefficient (Wildman–Crippen LogP) is 3.12. The van der Waals surface area contributed by atoms with Gasteiger partial charge in [0.25, 0.3) is 5.91 Å². The van der Waals surface area contributed by atoms with Crippen molar-refractivity contribution in [2.75, 3.05) is 23.6 Å². The molecule has 0 spiro atoms. The second-order valence-corrected chi connectivity index (χ2v) is 4.72. The molecule has 0 atom stereocenters. The van der Waals surface area contributed by atoms with E-state index >= 15 is 0 Å². The lowest BCUT2D eigenvalue weighted by molar-refractivity contribution is -0.113. The van der Waals surface area contributed by atoms with Gasteiger partial charge < -0.3 is 15.4 Å². The third-order valence-corrected chi connectivity index (χ3v) is 3.10. The Morgan fingerprint density at radius 1 is 1.05 bits per heavy atom. The molecule has 0 fully saturated rings. The van der Waals surface area contributed by atoms with Crippen molar-refractivity contribution in [2.45, 2.75) is 0 Å². The number of ether oxygens (including phenoxy) is 1. The standard InChI is InChI=1S/C16H15ClN2O3/c1-22-14-7-3-6-13(9-14)19-16(21)11-4-2-5-12(8-11)18-15(20)10-17/h2-9H,10H2,1H3,(H,18,20)(H,19,21). The zero-order valence-corrected chi connectivity index (χ0v) is 12.7. The predicted molar refractivity (Wildman–Crippen MR) is 86.7 cm³/mol. The molecule has 0 radical (unpaired) electrons. The summed E-state index contributed by atoms with van der Waals surface area (Å²) < 4.78 is 5.11. The molecule has 0 aliphatic carbocycles. The zero-order valence-electron chi connectivity index (χ0n) is 11.9. The Morgan fingerprint density at radius 3 is 2.41 bits per heavy atom. The second kappa shape index (κ2) is 7.47. The average molecular weight is 319 g/mol. The largest absolute Gasteiger partial charge is 0.497 e. The molecule has 0 aliphatic heterocycles. The first-order valence-electron chi connectivity index (χ1n) is 6.53. The van der Waals surface area contributed by atoms with Crippen LogP contribution in [0.2, 0.25) is 0 Å². The normalized spacial score (nSPS) is 9.91. The number of carbonyl (C=O) groups is 2. The molecule has 2 aromatic rings. The smallest absolute Gasteiger partial charge is 0.255 e. The van der Waals surface area contributed by atoms with E-state index in [1.165, 1.54) is 0 Å². The van der Waals surface area contributed by atoms with Crippen LogP contribution >= 0.6 is 11.6 Å². The van der Waals surface area contributed by atoms with E-state index in [1.54, 1.807) is 55.6 Å². The minimum absolute atomic E-state index is 0.139. The van der Waals surface area contributed by atoms with E-state index in [4.69, 9.17) is 16.3 Å². The van der Waals surface area contributed by atoms with Gasteiger partial charge in [0.2, 0.25) is 5.91 Å². The van der Waals surface area contributed by atoms with Crippen LogP contribution in [-0.2, 0) is 4.79 Å². The summed E-state index contributed by atoms with van der Waals surface area (Å²) in [6.45, 7) is 0. The zero-order chi connectivity index (χ0) is 15.9. The fraction of sp³-hybridized carbons (Fsp3) is 0.125. The van der Waals surface area contributed by atoms with E-state index in [0.717, 1.165) is 0 Å². The van der Waals surface area contributed by atoms with Crippen LogP contribution in [0.3, 0.4) is 0 Å². The molecule has 0 aliphatic rings. The summed E-state index contributed by atoms with van der Waals surface area (Å²) in [5, 5.41) is 5.37. The SMILES string of the molecule is COc1cccc(NC(=O)c2cccc(NC(=O)CCl)c2)c1. The molecular formula is C16H15ClN2O3. The first-order valence-corrected chi connectivity index (χ1v) is 7.07. The summed E-state index contributed by atoms with van der Waals surface area (Å²) in [5.41, 5.74) is 1.57. The van der Waals surface area contributed by atoms with Gasteiger partial charge in [-0.2, -0.15) is 0 Å². The number of rotatable bonds is 5. The third-order valence-electron chi connectivity index (χ3n) is 2.86. The monoisotopic (exact) mass is 318 g/mol. The topological polar surface area (TPSA) is 67.4 Å². The fourth-order valence-corrected chi connectivity index (χ4v) is 1.90. The Morgan fingerprint density at radius 2 is 1.73 bits per heavy atom. The number of benzene rings is 2. The fourth-order valence-electron chi connectivity index (χ4n) is 1.84. The maximum atomic E-state index is 12.2. The molecule has 6 heteroatoms. The van der Waals surface area contributed by atoms with Gasteiger partial charge in [-0.25, -0.2) is 0 Å². The number of nitrogens with one attached hydrogen (secondary N) is 2. The number of carbonyl (C=O) groups excluding carboxylic acids is 2. The minimum Gasteiger partial charge on any atom is -0.497 e. The molecule has 0 saturated carbocycles. The minimum atomic E-state index is -0.327. The lowest BCUT2D eigenvalue weighted by Crippen LogP contribution is -2.15. The molecular weight excluding hydrogens is 304 g/mol. The summed E-state index contributed by atoms with van der Waals surface area (Å²) >= 11 is 5.44. The average Bonchev–Trinajstić information content (AvgIpc) is 2.55. The van der Waals surface area contributed by atoms with E-state index in [0.29, 0.717) is 22.7 Å². The second-order valence-electron chi connectivity index (χ2n) is 4.45. The van der Waals surface area contributed by atoms with Crippen LogP contribution in [-0.4, -0.2) is 24.8 Å².